The van der Waals surface area contributed by atoms with Gasteiger partial charge in [-0.05, 0) is 43.7 Å². The molecule has 2 unspecified atom stereocenters. The lowest BCUT2D eigenvalue weighted by atomic mass is 9.91. The third kappa shape index (κ3) is 4.53. The number of nitrogens with zero attached hydrogens (tertiary/aromatic N) is 1. The Morgan fingerprint density at radius 1 is 1.29 bits per heavy atom. The van der Waals surface area contributed by atoms with Crippen molar-refractivity contribution in [1.82, 2.24) is 4.90 Å². The predicted octanol–water partition coefficient (Wildman–Crippen LogP) is 1.90. The van der Waals surface area contributed by atoms with Gasteiger partial charge in [0, 0.05) is 18.2 Å². The van der Waals surface area contributed by atoms with Gasteiger partial charge in [0.25, 0.3) is 0 Å². The molecule has 0 spiro atoms. The Morgan fingerprint density at radius 3 is 2.76 bits per heavy atom. The molecule has 0 radical (unpaired) electrons. The molecule has 2 atom stereocenters. The van der Waals surface area contributed by atoms with Crippen LogP contribution in [0.1, 0.15) is 36.8 Å². The van der Waals surface area contributed by atoms with Gasteiger partial charge >= 0.3 is 0 Å². The van der Waals surface area contributed by atoms with Crippen molar-refractivity contribution in [3.05, 3.63) is 35.1 Å². The molecule has 0 heterocycles. The monoisotopic (exact) mass is 291 g/mol. The number of likely N-dealkylation sites (N-methyl/N-ethyl adjacent to an activating group) is 1. The molecule has 4 heteroatoms. The van der Waals surface area contributed by atoms with E-state index >= 15 is 0 Å². The fourth-order valence-electron chi connectivity index (χ4n) is 2.97. The van der Waals surface area contributed by atoms with Crippen molar-refractivity contribution in [2.24, 2.45) is 0 Å². The molecule has 3 nitrogen and oxygen atoms in total. The van der Waals surface area contributed by atoms with E-state index in [4.69, 9.17) is 5.11 Å². The SMILES string of the molecule is CN(Cc1cc(F)cc(C#CCO)c1)C1CCCCC1O. The number of aliphatic hydroxyl groups is 2. The highest BCUT2D eigenvalue weighted by Gasteiger charge is 2.26. The lowest BCUT2D eigenvalue weighted by Gasteiger charge is -2.35. The van der Waals surface area contributed by atoms with E-state index in [-0.39, 0.29) is 24.6 Å². The van der Waals surface area contributed by atoms with Crippen LogP contribution in [0.15, 0.2) is 18.2 Å². The first-order valence-electron chi connectivity index (χ1n) is 7.37. The van der Waals surface area contributed by atoms with E-state index in [2.05, 4.69) is 16.7 Å². The summed E-state index contributed by atoms with van der Waals surface area (Å²) in [5.41, 5.74) is 1.40. The largest absolute Gasteiger partial charge is 0.391 e. The molecular weight excluding hydrogens is 269 g/mol. The van der Waals surface area contributed by atoms with Gasteiger partial charge in [-0.2, -0.15) is 0 Å². The third-order valence-corrected chi connectivity index (χ3v) is 3.96. The molecule has 1 fully saturated rings. The average molecular weight is 291 g/mol. The highest BCUT2D eigenvalue weighted by atomic mass is 19.1. The number of aliphatic hydroxyl groups excluding tert-OH is 2. The number of hydrogen-bond donors (Lipinski definition) is 2. The molecule has 0 aliphatic heterocycles. The maximum atomic E-state index is 13.6. The molecule has 0 aromatic heterocycles. The summed E-state index contributed by atoms with van der Waals surface area (Å²) in [7, 11) is 1.96. The molecule has 21 heavy (non-hydrogen) atoms. The van der Waals surface area contributed by atoms with Crippen molar-refractivity contribution in [3.63, 3.8) is 0 Å². The molecule has 1 saturated carbocycles. The highest BCUT2D eigenvalue weighted by Crippen LogP contribution is 2.23. The van der Waals surface area contributed by atoms with Gasteiger partial charge < -0.3 is 10.2 Å². The topological polar surface area (TPSA) is 43.7 Å². The van der Waals surface area contributed by atoms with Crippen LogP contribution in [0.5, 0.6) is 0 Å². The molecule has 1 aromatic rings. The Bertz CT molecular complexity index is 535. The molecule has 0 saturated heterocycles. The van der Waals surface area contributed by atoms with E-state index in [0.29, 0.717) is 12.1 Å². The van der Waals surface area contributed by atoms with E-state index in [1.165, 1.54) is 12.1 Å². The highest BCUT2D eigenvalue weighted by molar-refractivity contribution is 5.37. The second-order valence-electron chi connectivity index (χ2n) is 5.64. The van der Waals surface area contributed by atoms with Gasteiger partial charge in [0.1, 0.15) is 12.4 Å². The molecule has 1 aliphatic carbocycles. The van der Waals surface area contributed by atoms with Crippen LogP contribution in [0.4, 0.5) is 4.39 Å². The summed E-state index contributed by atoms with van der Waals surface area (Å²) in [4.78, 5) is 2.09. The Kier molecular flexibility index (Phi) is 5.75. The van der Waals surface area contributed by atoms with E-state index in [0.717, 1.165) is 31.2 Å². The van der Waals surface area contributed by atoms with Crippen molar-refractivity contribution in [2.75, 3.05) is 13.7 Å². The first kappa shape index (κ1) is 16.0. The minimum atomic E-state index is -0.327. The molecule has 2 N–H and O–H groups in total. The number of rotatable bonds is 3. The summed E-state index contributed by atoms with van der Waals surface area (Å²) in [6, 6.07) is 4.82. The van der Waals surface area contributed by atoms with Crippen LogP contribution in [0.2, 0.25) is 0 Å². The number of halogens is 1. The zero-order valence-corrected chi connectivity index (χ0v) is 12.3. The molecule has 1 aliphatic rings. The standard InChI is InChI=1S/C17H22FNO2/c1-19(16-6-2-3-7-17(16)21)12-14-9-13(5-4-8-20)10-15(18)11-14/h9-11,16-17,20-21H,2-3,6-8,12H2,1H3. The summed E-state index contributed by atoms with van der Waals surface area (Å²) in [5.74, 6) is 4.93. The summed E-state index contributed by atoms with van der Waals surface area (Å²) < 4.78 is 13.6. The van der Waals surface area contributed by atoms with Crippen LogP contribution in [0.25, 0.3) is 0 Å². The molecule has 114 valence electrons. The average Bonchev–Trinajstić information content (AvgIpc) is 2.45. The van der Waals surface area contributed by atoms with Crippen molar-refractivity contribution in [1.29, 1.82) is 0 Å². The van der Waals surface area contributed by atoms with E-state index in [9.17, 15) is 9.50 Å². The maximum absolute atomic E-state index is 13.6. The molecule has 0 amide bonds. The fraction of sp³-hybridized carbons (Fsp3) is 0.529. The van der Waals surface area contributed by atoms with Gasteiger partial charge in [-0.1, -0.05) is 24.7 Å². The molecular formula is C17H22FNO2. The predicted molar refractivity (Wildman–Crippen MR) is 80.1 cm³/mol. The van der Waals surface area contributed by atoms with Crippen LogP contribution in [0, 0.1) is 17.7 Å². The van der Waals surface area contributed by atoms with Crippen molar-refractivity contribution < 1.29 is 14.6 Å². The van der Waals surface area contributed by atoms with Crippen LogP contribution < -0.4 is 0 Å². The fourth-order valence-corrected chi connectivity index (χ4v) is 2.97. The Labute approximate surface area is 125 Å². The van der Waals surface area contributed by atoms with Crippen molar-refractivity contribution >= 4 is 0 Å². The second kappa shape index (κ2) is 7.56. The Balaban J connectivity index is 2.09. The Hall–Kier alpha value is -1.41. The smallest absolute Gasteiger partial charge is 0.124 e. The van der Waals surface area contributed by atoms with Gasteiger partial charge in [0.2, 0.25) is 0 Å². The zero-order valence-electron chi connectivity index (χ0n) is 12.3. The van der Waals surface area contributed by atoms with Crippen LogP contribution in [-0.4, -0.2) is 40.9 Å². The van der Waals surface area contributed by atoms with E-state index < -0.39 is 0 Å². The lowest BCUT2D eigenvalue weighted by molar-refractivity contribution is 0.0288. The minimum absolute atomic E-state index is 0.133. The van der Waals surface area contributed by atoms with Gasteiger partial charge in [-0.25, -0.2) is 4.39 Å². The summed E-state index contributed by atoms with van der Waals surface area (Å²) in [5, 5.41) is 18.8. The van der Waals surface area contributed by atoms with Gasteiger partial charge in [0.05, 0.1) is 6.10 Å². The Morgan fingerprint density at radius 2 is 2.05 bits per heavy atom. The lowest BCUT2D eigenvalue weighted by Crippen LogP contribution is -2.42. The molecule has 0 bridgehead atoms. The summed E-state index contributed by atoms with van der Waals surface area (Å²) in [6.45, 7) is 0.341. The zero-order chi connectivity index (χ0) is 15.2. The van der Waals surface area contributed by atoms with Crippen molar-refractivity contribution in [3.8, 4) is 11.8 Å². The molecule has 2 rings (SSSR count). The quantitative estimate of drug-likeness (QED) is 0.836. The minimum Gasteiger partial charge on any atom is -0.391 e. The summed E-state index contributed by atoms with van der Waals surface area (Å²) in [6.07, 6.45) is 3.72. The summed E-state index contributed by atoms with van der Waals surface area (Å²) >= 11 is 0. The number of benzene rings is 1. The van der Waals surface area contributed by atoms with Gasteiger partial charge in [-0.15, -0.1) is 0 Å². The molecule has 1 aromatic carbocycles. The second-order valence-corrected chi connectivity index (χ2v) is 5.64. The first-order chi connectivity index (χ1) is 10.1. The van der Waals surface area contributed by atoms with E-state index in [1.54, 1.807) is 0 Å². The van der Waals surface area contributed by atoms with Crippen LogP contribution in [-0.2, 0) is 6.54 Å². The normalized spacial score (nSPS) is 22.0. The van der Waals surface area contributed by atoms with Crippen molar-refractivity contribution in [2.45, 2.75) is 44.4 Å². The van der Waals surface area contributed by atoms with Crippen LogP contribution >= 0.6 is 0 Å². The maximum Gasteiger partial charge on any atom is 0.124 e. The van der Waals surface area contributed by atoms with Gasteiger partial charge in [0.15, 0.2) is 0 Å². The number of hydrogen-bond acceptors (Lipinski definition) is 3. The van der Waals surface area contributed by atoms with Gasteiger partial charge in [-0.3, -0.25) is 4.90 Å². The van der Waals surface area contributed by atoms with Crippen LogP contribution in [0.3, 0.4) is 0 Å². The first-order valence-corrected chi connectivity index (χ1v) is 7.37. The van der Waals surface area contributed by atoms with E-state index in [1.807, 2.05) is 13.1 Å². The third-order valence-electron chi connectivity index (χ3n) is 3.96.